The number of nitrogens with two attached hydrogens (primary N) is 1. The van der Waals surface area contributed by atoms with Gasteiger partial charge in [0.1, 0.15) is 29.9 Å². The van der Waals surface area contributed by atoms with E-state index in [1.165, 1.54) is 44.4 Å². The number of carbonyl (C=O) groups is 4. The molecule has 3 aliphatic rings. The summed E-state index contributed by atoms with van der Waals surface area (Å²) in [4.78, 5) is 59.5. The van der Waals surface area contributed by atoms with Gasteiger partial charge in [-0.1, -0.05) is 5.16 Å². The Morgan fingerprint density at radius 2 is 2.14 bits per heavy atom. The van der Waals surface area contributed by atoms with Gasteiger partial charge in [-0.25, -0.2) is 14.6 Å². The number of ether oxygens (including phenoxy) is 2. The van der Waals surface area contributed by atoms with Crippen molar-refractivity contribution in [1.29, 1.82) is 0 Å². The van der Waals surface area contributed by atoms with Gasteiger partial charge in [-0.15, -0.1) is 23.1 Å². The number of carboxylic acid groups (broad SMARTS) is 1. The van der Waals surface area contributed by atoms with Crippen LogP contribution in [0.5, 0.6) is 0 Å². The number of oxime groups is 1. The normalized spacial score (nSPS) is 23.2. The van der Waals surface area contributed by atoms with Gasteiger partial charge < -0.3 is 30.5 Å². The third-order valence-electron chi connectivity index (χ3n) is 5.23. The van der Waals surface area contributed by atoms with Crippen LogP contribution in [0.3, 0.4) is 0 Å². The number of aliphatic carboxylic acids is 1. The van der Waals surface area contributed by atoms with Crippen LogP contribution in [0.4, 0.5) is 5.13 Å². The number of cyclic esters (lactones) is 1. The first-order chi connectivity index (χ1) is 16.7. The second-order valence-corrected chi connectivity index (χ2v) is 9.28. The fraction of sp³-hybridized carbons (Fsp3) is 0.300. The maximum atomic E-state index is 12.9. The fourth-order valence-corrected chi connectivity index (χ4v) is 5.52. The van der Waals surface area contributed by atoms with Crippen molar-refractivity contribution in [2.24, 2.45) is 5.16 Å². The van der Waals surface area contributed by atoms with E-state index in [0.717, 1.165) is 16.2 Å². The molecule has 1 fully saturated rings. The highest BCUT2D eigenvalue weighted by molar-refractivity contribution is 8.00. The Hall–Kier alpha value is -3.85. The van der Waals surface area contributed by atoms with Crippen LogP contribution >= 0.6 is 23.1 Å². The number of thioether (sulfide) groups is 1. The Morgan fingerprint density at radius 3 is 2.74 bits per heavy atom. The van der Waals surface area contributed by atoms with E-state index >= 15 is 0 Å². The molecule has 4 heterocycles. The summed E-state index contributed by atoms with van der Waals surface area (Å²) < 4.78 is 10.4. The molecule has 0 saturated carbocycles. The van der Waals surface area contributed by atoms with Gasteiger partial charge in [0.2, 0.25) is 0 Å². The number of allylic oxidation sites excluding steroid dienone is 1. The van der Waals surface area contributed by atoms with Crippen molar-refractivity contribution in [1.82, 2.24) is 15.2 Å². The molecular formula is C20H19N5O8S2. The van der Waals surface area contributed by atoms with Gasteiger partial charge in [0.15, 0.2) is 22.4 Å². The van der Waals surface area contributed by atoms with E-state index in [-0.39, 0.29) is 50.7 Å². The summed E-state index contributed by atoms with van der Waals surface area (Å²) in [5, 5.41) is 17.2. The third kappa shape index (κ3) is 4.23. The number of methoxy groups -OCH3 is 1. The van der Waals surface area contributed by atoms with Crippen LogP contribution < -0.4 is 11.1 Å². The average Bonchev–Trinajstić information content (AvgIpc) is 3.37. The molecule has 35 heavy (non-hydrogen) atoms. The van der Waals surface area contributed by atoms with Crippen LogP contribution in [-0.2, 0) is 33.5 Å². The zero-order valence-electron chi connectivity index (χ0n) is 18.6. The largest absolute Gasteiger partial charge is 0.492 e. The van der Waals surface area contributed by atoms with Crippen LogP contribution in [0, 0.1) is 0 Å². The van der Waals surface area contributed by atoms with Crippen LogP contribution in [0.15, 0.2) is 45.0 Å². The van der Waals surface area contributed by atoms with E-state index in [1.54, 1.807) is 0 Å². The number of hydrogen-bond donors (Lipinski definition) is 3. The van der Waals surface area contributed by atoms with Gasteiger partial charge in [-0.3, -0.25) is 14.5 Å². The molecule has 184 valence electrons. The Kier molecular flexibility index (Phi) is 6.53. The van der Waals surface area contributed by atoms with Crippen molar-refractivity contribution in [3.05, 3.63) is 45.5 Å². The third-order valence-corrected chi connectivity index (χ3v) is 7.21. The smallest absolute Gasteiger partial charge is 0.352 e. The van der Waals surface area contributed by atoms with Crippen LogP contribution in [0.25, 0.3) is 0 Å². The molecule has 4 rings (SSSR count). The Balaban J connectivity index is 1.58. The number of nitrogens with one attached hydrogen (secondary N) is 1. The topological polar surface area (TPSA) is 183 Å². The summed E-state index contributed by atoms with van der Waals surface area (Å²) >= 11 is 2.34. The predicted molar refractivity (Wildman–Crippen MR) is 124 cm³/mol. The lowest BCUT2D eigenvalue weighted by Gasteiger charge is -2.49. The molecule has 2 atom stereocenters. The molecule has 0 aliphatic carbocycles. The second-order valence-electron chi connectivity index (χ2n) is 7.29. The van der Waals surface area contributed by atoms with Gasteiger partial charge in [-0.2, -0.15) is 0 Å². The Bertz CT molecular complexity index is 1260. The first-order valence-corrected chi connectivity index (χ1v) is 11.8. The molecule has 2 amide bonds. The van der Waals surface area contributed by atoms with Crippen LogP contribution in [0.2, 0.25) is 0 Å². The minimum absolute atomic E-state index is 0.0589. The molecule has 13 nitrogen and oxygen atoms in total. The zero-order valence-corrected chi connectivity index (χ0v) is 20.2. The predicted octanol–water partition coefficient (Wildman–Crippen LogP) is 0.176. The molecule has 1 aromatic rings. The first kappa shape index (κ1) is 24.3. The Labute approximate surface area is 206 Å². The molecule has 0 spiro atoms. The average molecular weight is 522 g/mol. The van der Waals surface area contributed by atoms with Crippen LogP contribution in [-0.4, -0.2) is 75.8 Å². The lowest BCUT2D eigenvalue weighted by molar-refractivity contribution is -0.150. The number of rotatable bonds is 7. The highest BCUT2D eigenvalue weighted by Crippen LogP contribution is 2.41. The molecular weight excluding hydrogens is 502 g/mol. The number of anilines is 1. The van der Waals surface area contributed by atoms with E-state index in [4.69, 9.17) is 20.0 Å². The number of hydrogen-bond acceptors (Lipinski definition) is 12. The van der Waals surface area contributed by atoms with E-state index in [2.05, 4.69) is 15.5 Å². The number of carbonyl (C=O) groups excluding carboxylic acids is 3. The minimum atomic E-state index is -1.34. The molecule has 4 N–H and O–H groups in total. The summed E-state index contributed by atoms with van der Waals surface area (Å²) in [5.41, 5.74) is 5.85. The van der Waals surface area contributed by atoms with Gasteiger partial charge in [0, 0.05) is 11.1 Å². The highest BCUT2D eigenvalue weighted by atomic mass is 32.2. The number of aromatic nitrogens is 1. The monoisotopic (exact) mass is 521 g/mol. The zero-order chi connectivity index (χ0) is 25.4. The van der Waals surface area contributed by atoms with E-state index < -0.39 is 35.2 Å². The highest BCUT2D eigenvalue weighted by Gasteiger charge is 2.54. The molecule has 1 aromatic heterocycles. The standard InChI is InChI=1S/C20H19N5O8S2/c1-7-14(31-2)10(33-19(7)30)4-8-5-34-17-12(16(27)25(17)13(8)18(28)29)23-15(26)11(24-32-3)9-6-35-20(21)22-9/h4,6,12,17H,5H2,1-3H3,(H2,21,22)(H,23,26)(H,28,29)/b10-4+,24-11?/t12-,17+/m1/s1. The van der Waals surface area contributed by atoms with Gasteiger partial charge >= 0.3 is 11.9 Å². The van der Waals surface area contributed by atoms with Crippen molar-refractivity contribution in [2.45, 2.75) is 18.3 Å². The van der Waals surface area contributed by atoms with Crippen molar-refractivity contribution in [3.63, 3.8) is 0 Å². The number of fused-ring (bicyclic) bond motifs is 1. The van der Waals surface area contributed by atoms with E-state index in [0.29, 0.717) is 0 Å². The van der Waals surface area contributed by atoms with E-state index in [1.807, 2.05) is 0 Å². The number of nitrogens with zero attached hydrogens (tertiary/aromatic N) is 3. The molecule has 0 bridgehead atoms. The van der Waals surface area contributed by atoms with Crippen molar-refractivity contribution < 1.29 is 38.6 Å². The molecule has 3 aliphatic heterocycles. The number of β-lactam (4-membered cyclic amide) rings is 1. The summed E-state index contributed by atoms with van der Waals surface area (Å²) in [7, 11) is 2.61. The van der Waals surface area contributed by atoms with Crippen molar-refractivity contribution >= 4 is 57.7 Å². The lowest BCUT2D eigenvalue weighted by atomic mass is 10.0. The van der Waals surface area contributed by atoms with Gasteiger partial charge in [0.25, 0.3) is 11.8 Å². The number of carboxylic acids is 1. The number of nitrogen functional groups attached to an aromatic ring is 1. The van der Waals surface area contributed by atoms with E-state index in [9.17, 15) is 24.3 Å². The maximum absolute atomic E-state index is 12.9. The van der Waals surface area contributed by atoms with Crippen LogP contribution in [0.1, 0.15) is 12.6 Å². The maximum Gasteiger partial charge on any atom is 0.352 e. The molecule has 0 aromatic carbocycles. The summed E-state index contributed by atoms with van der Waals surface area (Å²) in [5.74, 6) is -2.89. The van der Waals surface area contributed by atoms with Gasteiger partial charge in [0.05, 0.1) is 12.7 Å². The fourth-order valence-electron chi connectivity index (χ4n) is 3.66. The SMILES string of the molecule is CON=C(C(=O)N[C@@H]1C(=O)N2C(C(=O)O)=C(/C=C3/OC(=O)C(C)=C3OC)CS[C@@H]12)c1csc(N)n1. The summed E-state index contributed by atoms with van der Waals surface area (Å²) in [6.07, 6.45) is 1.37. The van der Waals surface area contributed by atoms with Gasteiger partial charge in [-0.05, 0) is 18.6 Å². The Morgan fingerprint density at radius 1 is 1.40 bits per heavy atom. The molecule has 0 unspecified atom stereocenters. The lowest BCUT2D eigenvalue weighted by Crippen LogP contribution is -2.71. The van der Waals surface area contributed by atoms with Crippen molar-refractivity contribution in [3.8, 4) is 0 Å². The summed E-state index contributed by atoms with van der Waals surface area (Å²) in [6.45, 7) is 1.52. The minimum Gasteiger partial charge on any atom is -0.492 e. The molecule has 1 saturated heterocycles. The molecule has 15 heteroatoms. The number of thiazole rings is 1. The molecule has 0 radical (unpaired) electrons. The summed E-state index contributed by atoms with van der Waals surface area (Å²) in [6, 6.07) is -1.00. The quantitative estimate of drug-likeness (QED) is 0.192. The number of esters is 1. The number of amides is 2. The first-order valence-electron chi connectivity index (χ1n) is 9.91. The van der Waals surface area contributed by atoms with Crippen molar-refractivity contribution in [2.75, 3.05) is 25.7 Å². The second kappa shape index (κ2) is 9.42.